The Labute approximate surface area is 243 Å². The van der Waals surface area contributed by atoms with Gasteiger partial charge in [-0.1, -0.05) is 31.4 Å². The van der Waals surface area contributed by atoms with Crippen molar-refractivity contribution in [3.05, 3.63) is 71.5 Å². The first kappa shape index (κ1) is 28.7. The van der Waals surface area contributed by atoms with Gasteiger partial charge in [0.05, 0.1) is 18.8 Å². The first-order chi connectivity index (χ1) is 20.0. The summed E-state index contributed by atoms with van der Waals surface area (Å²) in [7, 11) is 0. The molecular weight excluding hydrogens is 514 g/mol. The van der Waals surface area contributed by atoms with Gasteiger partial charge in [0, 0.05) is 63.3 Å². The number of benzene rings is 2. The van der Waals surface area contributed by atoms with Crippen molar-refractivity contribution >= 4 is 23.2 Å². The first-order valence-corrected chi connectivity index (χ1v) is 15.2. The van der Waals surface area contributed by atoms with E-state index in [9.17, 15) is 9.59 Å². The Morgan fingerprint density at radius 3 is 2.37 bits per heavy atom. The number of amides is 2. The fraction of sp³-hybridized carbons (Fsp3) is 0.485. The molecule has 3 heterocycles. The molecule has 218 valence electrons. The lowest BCUT2D eigenvalue weighted by Gasteiger charge is -2.30. The maximum Gasteiger partial charge on any atom is 0.254 e. The molecule has 0 radical (unpaired) electrons. The summed E-state index contributed by atoms with van der Waals surface area (Å²) in [5, 5.41) is 4.35. The minimum atomic E-state index is 0.0199. The molecule has 0 bridgehead atoms. The average molecular weight is 558 g/mol. The van der Waals surface area contributed by atoms with Gasteiger partial charge < -0.3 is 19.4 Å². The van der Waals surface area contributed by atoms with Crippen LogP contribution >= 0.6 is 0 Å². The zero-order valence-electron chi connectivity index (χ0n) is 24.6. The first-order valence-electron chi connectivity index (χ1n) is 15.2. The number of rotatable bonds is 6. The van der Waals surface area contributed by atoms with E-state index in [0.29, 0.717) is 38.3 Å². The number of ether oxygens (including phenoxy) is 1. The second kappa shape index (κ2) is 13.7. The number of aromatic nitrogens is 2. The monoisotopic (exact) mass is 557 g/mol. The number of carbonyl (C=O) groups is 2. The lowest BCUT2D eigenvalue weighted by molar-refractivity contribution is -0.116. The molecule has 2 aromatic carbocycles. The van der Waals surface area contributed by atoms with Crippen molar-refractivity contribution < 1.29 is 14.3 Å². The predicted molar refractivity (Wildman–Crippen MR) is 163 cm³/mol. The second-order valence-corrected chi connectivity index (χ2v) is 11.1. The van der Waals surface area contributed by atoms with Gasteiger partial charge in [-0.3, -0.25) is 14.3 Å². The Morgan fingerprint density at radius 1 is 0.878 bits per heavy atom. The van der Waals surface area contributed by atoms with Crippen LogP contribution in [0.3, 0.4) is 0 Å². The molecule has 0 aliphatic carbocycles. The molecule has 8 nitrogen and oxygen atoms in total. The van der Waals surface area contributed by atoms with Gasteiger partial charge in [0.25, 0.3) is 5.91 Å². The Morgan fingerprint density at radius 2 is 1.63 bits per heavy atom. The fourth-order valence-corrected chi connectivity index (χ4v) is 6.00. The summed E-state index contributed by atoms with van der Waals surface area (Å²) < 4.78 is 7.83. The van der Waals surface area contributed by atoms with Gasteiger partial charge in [0.15, 0.2) is 0 Å². The van der Waals surface area contributed by atoms with Crippen LogP contribution in [0.5, 0.6) is 5.75 Å². The van der Waals surface area contributed by atoms with Crippen LogP contribution in [0.1, 0.15) is 80.3 Å². The largest absolute Gasteiger partial charge is 0.492 e. The van der Waals surface area contributed by atoms with Gasteiger partial charge in [-0.15, -0.1) is 0 Å². The molecule has 0 atom stereocenters. The van der Waals surface area contributed by atoms with Crippen LogP contribution in [0.4, 0.5) is 11.4 Å². The quantitative estimate of drug-likeness (QED) is 0.378. The molecular formula is C33H43N5O3. The Kier molecular flexibility index (Phi) is 9.59. The van der Waals surface area contributed by atoms with Crippen LogP contribution in [0.2, 0.25) is 0 Å². The number of anilines is 2. The SMILES string of the molecule is CCOc1ccc(C(=O)N2CCCCCCCN(C(C)=O)c3cc(Cn4cccn4)ccc3C2)cc1N1CCCC1. The molecule has 1 saturated heterocycles. The third-order valence-corrected chi connectivity index (χ3v) is 8.14. The van der Waals surface area contributed by atoms with Crippen molar-refractivity contribution in [1.82, 2.24) is 14.7 Å². The van der Waals surface area contributed by atoms with Crippen molar-refractivity contribution in [1.29, 1.82) is 0 Å². The highest BCUT2D eigenvalue weighted by atomic mass is 16.5. The van der Waals surface area contributed by atoms with Crippen molar-refractivity contribution in [2.75, 3.05) is 42.6 Å². The van der Waals surface area contributed by atoms with Gasteiger partial charge in [-0.2, -0.15) is 5.10 Å². The molecule has 3 aromatic rings. The van der Waals surface area contributed by atoms with E-state index in [1.165, 1.54) is 0 Å². The summed E-state index contributed by atoms with van der Waals surface area (Å²) in [5.41, 5.74) is 4.65. The van der Waals surface area contributed by atoms with Gasteiger partial charge in [-0.05, 0) is 74.1 Å². The number of nitrogens with zero attached hydrogens (tertiary/aromatic N) is 5. The molecule has 0 unspecified atom stereocenters. The molecule has 2 aliphatic heterocycles. The summed E-state index contributed by atoms with van der Waals surface area (Å²) in [6.07, 6.45) is 11.2. The van der Waals surface area contributed by atoms with Crippen molar-refractivity contribution in [2.24, 2.45) is 0 Å². The Balaban J connectivity index is 1.48. The fourth-order valence-electron chi connectivity index (χ4n) is 6.00. The minimum absolute atomic E-state index is 0.0199. The summed E-state index contributed by atoms with van der Waals surface area (Å²) in [4.78, 5) is 33.2. The lowest BCUT2D eigenvalue weighted by atomic mass is 10.0. The normalized spacial score (nSPS) is 16.6. The van der Waals surface area contributed by atoms with Crippen LogP contribution in [-0.4, -0.2) is 59.3 Å². The average Bonchev–Trinajstić information content (AvgIpc) is 3.69. The molecule has 0 N–H and O–H groups in total. The van der Waals surface area contributed by atoms with E-state index in [1.807, 2.05) is 51.9 Å². The second-order valence-electron chi connectivity index (χ2n) is 11.1. The molecule has 2 aliphatic rings. The van der Waals surface area contributed by atoms with Crippen molar-refractivity contribution in [2.45, 2.75) is 71.9 Å². The van der Waals surface area contributed by atoms with E-state index >= 15 is 0 Å². The third-order valence-electron chi connectivity index (χ3n) is 8.14. The standard InChI is InChI=1S/C33H43N5O3/c1-3-41-32-15-14-28(23-31(32)35-17-9-10-18-35)33(40)36-19-7-5-4-6-8-21-38(26(2)39)30-22-27(12-13-29(30)25-36)24-37-20-11-16-34-37/h11-16,20,22-23H,3-10,17-19,21,24-25H2,1-2H3. The van der Waals surface area contributed by atoms with Crippen LogP contribution in [0.15, 0.2) is 54.9 Å². The summed E-state index contributed by atoms with van der Waals surface area (Å²) in [5.74, 6) is 0.887. The van der Waals surface area contributed by atoms with Crippen LogP contribution in [0, 0.1) is 0 Å². The molecule has 1 fully saturated rings. The Bertz CT molecular complexity index is 1320. The molecule has 1 aromatic heterocycles. The van der Waals surface area contributed by atoms with E-state index in [1.54, 1.807) is 13.1 Å². The van der Waals surface area contributed by atoms with Crippen molar-refractivity contribution in [3.63, 3.8) is 0 Å². The topological polar surface area (TPSA) is 70.9 Å². The highest BCUT2D eigenvalue weighted by Gasteiger charge is 2.24. The van der Waals surface area contributed by atoms with Gasteiger partial charge in [-0.25, -0.2) is 0 Å². The van der Waals surface area contributed by atoms with E-state index in [-0.39, 0.29) is 11.8 Å². The minimum Gasteiger partial charge on any atom is -0.492 e. The molecule has 41 heavy (non-hydrogen) atoms. The molecule has 0 saturated carbocycles. The van der Waals surface area contributed by atoms with Gasteiger partial charge in [0.1, 0.15) is 5.75 Å². The van der Waals surface area contributed by atoms with E-state index < -0.39 is 0 Å². The number of hydrogen-bond acceptors (Lipinski definition) is 5. The van der Waals surface area contributed by atoms with E-state index in [0.717, 1.165) is 86.3 Å². The zero-order chi connectivity index (χ0) is 28.6. The van der Waals surface area contributed by atoms with Gasteiger partial charge in [0.2, 0.25) is 5.91 Å². The third kappa shape index (κ3) is 7.10. The highest BCUT2D eigenvalue weighted by Crippen LogP contribution is 2.33. The maximum atomic E-state index is 14.1. The molecule has 0 spiro atoms. The summed E-state index contributed by atoms with van der Waals surface area (Å²) >= 11 is 0. The molecule has 5 rings (SSSR count). The van der Waals surface area contributed by atoms with E-state index in [2.05, 4.69) is 28.2 Å². The zero-order valence-corrected chi connectivity index (χ0v) is 24.6. The molecule has 8 heteroatoms. The van der Waals surface area contributed by atoms with Crippen LogP contribution in [-0.2, 0) is 17.9 Å². The number of carbonyl (C=O) groups excluding carboxylic acids is 2. The van der Waals surface area contributed by atoms with Crippen LogP contribution < -0.4 is 14.5 Å². The highest BCUT2D eigenvalue weighted by molar-refractivity contribution is 5.96. The number of fused-ring (bicyclic) bond motifs is 1. The van der Waals surface area contributed by atoms with E-state index in [4.69, 9.17) is 4.74 Å². The Hall–Kier alpha value is -3.81. The maximum absolute atomic E-state index is 14.1. The number of hydrogen-bond donors (Lipinski definition) is 0. The van der Waals surface area contributed by atoms with Gasteiger partial charge >= 0.3 is 0 Å². The summed E-state index contributed by atoms with van der Waals surface area (Å²) in [6, 6.07) is 14.1. The molecule has 2 amide bonds. The predicted octanol–water partition coefficient (Wildman–Crippen LogP) is 5.89. The summed E-state index contributed by atoms with van der Waals surface area (Å²) in [6.45, 7) is 8.62. The van der Waals surface area contributed by atoms with Crippen molar-refractivity contribution in [3.8, 4) is 5.75 Å². The smallest absolute Gasteiger partial charge is 0.254 e. The van der Waals surface area contributed by atoms with Crippen LogP contribution in [0.25, 0.3) is 0 Å². The lowest BCUT2D eigenvalue weighted by Crippen LogP contribution is -2.35.